The zero-order valence-corrected chi connectivity index (χ0v) is 10.0. The third-order valence-corrected chi connectivity index (χ3v) is 0.503. The third kappa shape index (κ3) is 30.8. The van der Waals surface area contributed by atoms with E-state index in [2.05, 4.69) is 0 Å². The zero-order chi connectivity index (χ0) is 9.49. The van der Waals surface area contributed by atoms with Crippen molar-refractivity contribution in [1.82, 2.24) is 0 Å². The molecule has 2 N–H and O–H groups in total. The van der Waals surface area contributed by atoms with E-state index in [4.69, 9.17) is 10.8 Å². The van der Waals surface area contributed by atoms with E-state index in [-0.39, 0.29) is 57.8 Å². The van der Waals surface area contributed by atoms with Gasteiger partial charge in [-0.1, -0.05) is 13.5 Å². The minimum atomic E-state index is -4.29. The first-order valence-corrected chi connectivity index (χ1v) is 2.76. The predicted molar refractivity (Wildman–Crippen MR) is 33.2 cm³/mol. The summed E-state index contributed by atoms with van der Waals surface area (Å²) in [5.41, 5.74) is 5.73. The van der Waals surface area contributed by atoms with Crippen LogP contribution in [-0.2, 0) is 4.79 Å². The Bertz CT molecular complexity index is 118. The van der Waals surface area contributed by atoms with Gasteiger partial charge < -0.3 is 10.8 Å². The fourth-order valence-electron chi connectivity index (χ4n) is 0. The van der Waals surface area contributed by atoms with Crippen LogP contribution in [0.15, 0.2) is 0 Å². The van der Waals surface area contributed by atoms with Crippen molar-refractivity contribution in [3.63, 3.8) is 0 Å². The molecule has 0 aromatic heterocycles. The SMILES string of the molecule is CCC(=O)O.[K+].[NH-]CC(F)(F)F. The summed E-state index contributed by atoms with van der Waals surface area (Å²) in [6.07, 6.45) is -4.07. The molecular formula is C5H9F3KNO2. The molecule has 68 valence electrons. The molecule has 0 radical (unpaired) electrons. The van der Waals surface area contributed by atoms with Gasteiger partial charge in [0.15, 0.2) is 0 Å². The first-order chi connectivity index (χ1) is 4.83. The van der Waals surface area contributed by atoms with Crippen LogP contribution < -0.4 is 51.4 Å². The van der Waals surface area contributed by atoms with Crippen molar-refractivity contribution in [2.24, 2.45) is 0 Å². The second-order valence-corrected chi connectivity index (χ2v) is 1.54. The molecule has 0 amide bonds. The minimum absolute atomic E-state index is 0. The summed E-state index contributed by atoms with van der Waals surface area (Å²) in [7, 11) is 0. The largest absolute Gasteiger partial charge is 1.00 e. The van der Waals surface area contributed by atoms with Crippen LogP contribution >= 0.6 is 0 Å². The molecule has 12 heavy (non-hydrogen) atoms. The Hall–Kier alpha value is 0.856. The van der Waals surface area contributed by atoms with Crippen LogP contribution in [0.4, 0.5) is 13.2 Å². The van der Waals surface area contributed by atoms with Crippen molar-refractivity contribution in [3.8, 4) is 0 Å². The molecule has 0 fully saturated rings. The van der Waals surface area contributed by atoms with Crippen LogP contribution in [0.1, 0.15) is 13.3 Å². The summed E-state index contributed by atoms with van der Waals surface area (Å²) < 4.78 is 31.8. The van der Waals surface area contributed by atoms with Gasteiger partial charge in [-0.3, -0.25) is 4.79 Å². The topological polar surface area (TPSA) is 61.1 Å². The van der Waals surface area contributed by atoms with Crippen LogP contribution in [0.3, 0.4) is 0 Å². The Morgan fingerprint density at radius 1 is 1.50 bits per heavy atom. The number of hydrogen-bond acceptors (Lipinski definition) is 1. The van der Waals surface area contributed by atoms with E-state index in [1.807, 2.05) is 0 Å². The Morgan fingerprint density at radius 2 is 1.67 bits per heavy atom. The standard InChI is InChI=1S/C3H6O2.C2H3F3N.K/c1-2-3(4)5;3-2(4,5)1-6;/h2H2,1H3,(H,4,5);6H,1H2;/q;-1;+1. The monoisotopic (exact) mass is 211 g/mol. The number of nitrogens with one attached hydrogen (secondary N) is 1. The normalized spacial score (nSPS) is 9.08. The molecule has 0 saturated heterocycles. The smallest absolute Gasteiger partial charge is 0.670 e. The number of alkyl halides is 3. The fourth-order valence-corrected chi connectivity index (χ4v) is 0. The zero-order valence-electron chi connectivity index (χ0n) is 6.90. The summed E-state index contributed by atoms with van der Waals surface area (Å²) in [5.74, 6) is -0.745. The molecule has 0 atom stereocenters. The maximum Gasteiger partial charge on any atom is 1.00 e. The number of rotatable bonds is 1. The van der Waals surface area contributed by atoms with Gasteiger partial charge in [-0.05, 0) is 0 Å². The van der Waals surface area contributed by atoms with Gasteiger partial charge in [0.25, 0.3) is 0 Å². The Morgan fingerprint density at radius 3 is 1.67 bits per heavy atom. The van der Waals surface area contributed by atoms with E-state index in [1.165, 1.54) is 0 Å². The van der Waals surface area contributed by atoms with Gasteiger partial charge in [0.1, 0.15) is 0 Å². The summed E-state index contributed by atoms with van der Waals surface area (Å²) in [6, 6.07) is 0. The van der Waals surface area contributed by atoms with Crippen LogP contribution in [0.25, 0.3) is 5.73 Å². The molecule has 0 aliphatic heterocycles. The predicted octanol–water partition coefficient (Wildman–Crippen LogP) is -0.914. The average Bonchev–Trinajstić information content (AvgIpc) is 1.88. The molecule has 7 heteroatoms. The molecule has 0 bridgehead atoms. The van der Waals surface area contributed by atoms with E-state index < -0.39 is 18.7 Å². The average molecular weight is 211 g/mol. The maximum atomic E-state index is 10.6. The molecule has 0 spiro atoms. The van der Waals surface area contributed by atoms with E-state index >= 15 is 0 Å². The summed E-state index contributed by atoms with van der Waals surface area (Å²) in [6.45, 7) is 0.120. The molecule has 0 rings (SSSR count). The van der Waals surface area contributed by atoms with Gasteiger partial charge in [-0.15, -0.1) is 0 Å². The van der Waals surface area contributed by atoms with Gasteiger partial charge in [0.2, 0.25) is 0 Å². The van der Waals surface area contributed by atoms with Crippen molar-refractivity contribution < 1.29 is 74.5 Å². The van der Waals surface area contributed by atoms with Gasteiger partial charge in [-0.2, -0.15) is 13.2 Å². The Kier molecular flexibility index (Phi) is 15.4. The van der Waals surface area contributed by atoms with Crippen molar-refractivity contribution in [3.05, 3.63) is 5.73 Å². The first kappa shape index (κ1) is 18.6. The Balaban J connectivity index is -0.000000126. The number of hydrogen-bond donors (Lipinski definition) is 1. The van der Waals surface area contributed by atoms with E-state index in [1.54, 1.807) is 6.92 Å². The molecule has 0 aromatic rings. The van der Waals surface area contributed by atoms with Gasteiger partial charge in [0, 0.05) is 6.42 Å². The third-order valence-electron chi connectivity index (χ3n) is 0.503. The van der Waals surface area contributed by atoms with Gasteiger partial charge in [-0.25, -0.2) is 0 Å². The van der Waals surface area contributed by atoms with Crippen LogP contribution in [0.5, 0.6) is 0 Å². The van der Waals surface area contributed by atoms with E-state index in [0.717, 1.165) is 0 Å². The van der Waals surface area contributed by atoms with Crippen LogP contribution in [0, 0.1) is 0 Å². The first-order valence-electron chi connectivity index (χ1n) is 2.76. The molecule has 3 nitrogen and oxygen atoms in total. The minimum Gasteiger partial charge on any atom is -0.670 e. The van der Waals surface area contributed by atoms with Crippen molar-refractivity contribution in [1.29, 1.82) is 0 Å². The van der Waals surface area contributed by atoms with Gasteiger partial charge >= 0.3 is 63.5 Å². The number of halogens is 3. The number of carbonyl (C=O) groups is 1. The van der Waals surface area contributed by atoms with Crippen LogP contribution in [-0.4, -0.2) is 23.8 Å². The van der Waals surface area contributed by atoms with E-state index in [9.17, 15) is 18.0 Å². The van der Waals surface area contributed by atoms with E-state index in [0.29, 0.717) is 0 Å². The summed E-state index contributed by atoms with van der Waals surface area (Å²) in [4.78, 5) is 9.37. The number of carboxylic acid groups (broad SMARTS) is 1. The van der Waals surface area contributed by atoms with Crippen LogP contribution in [0.2, 0.25) is 0 Å². The molecule has 0 heterocycles. The quantitative estimate of drug-likeness (QED) is 0.570. The summed E-state index contributed by atoms with van der Waals surface area (Å²) >= 11 is 0. The maximum absolute atomic E-state index is 10.6. The molecular weight excluding hydrogens is 202 g/mol. The second kappa shape index (κ2) is 9.94. The second-order valence-electron chi connectivity index (χ2n) is 1.54. The number of aliphatic carboxylic acids is 1. The van der Waals surface area contributed by atoms with Crippen molar-refractivity contribution in [2.45, 2.75) is 19.5 Å². The van der Waals surface area contributed by atoms with Gasteiger partial charge in [0.05, 0.1) is 0 Å². The fraction of sp³-hybridized carbons (Fsp3) is 0.800. The molecule has 0 aliphatic rings. The molecule has 0 unspecified atom stereocenters. The number of carboxylic acids is 1. The van der Waals surface area contributed by atoms with Crippen molar-refractivity contribution >= 4 is 5.97 Å². The van der Waals surface area contributed by atoms with Crippen molar-refractivity contribution in [2.75, 3.05) is 6.54 Å². The molecule has 0 aromatic carbocycles. The Labute approximate surface area is 111 Å². The molecule has 0 aliphatic carbocycles. The summed E-state index contributed by atoms with van der Waals surface area (Å²) in [5, 5.41) is 7.72. The molecule has 0 saturated carbocycles.